The van der Waals surface area contributed by atoms with E-state index in [1.807, 2.05) is 36.4 Å². The average molecular weight is 622 g/mol. The summed E-state index contributed by atoms with van der Waals surface area (Å²) in [5.41, 5.74) is 3.33. The number of carboxylic acid groups (broad SMARTS) is 1. The highest BCUT2D eigenvalue weighted by Gasteiger charge is 2.33. The van der Waals surface area contributed by atoms with E-state index < -0.39 is 11.9 Å². The molecule has 3 aromatic carbocycles. The fraction of sp³-hybridized carbons (Fsp3) is 0.412. The van der Waals surface area contributed by atoms with E-state index in [9.17, 15) is 19.1 Å². The second-order valence-corrected chi connectivity index (χ2v) is 11.1. The van der Waals surface area contributed by atoms with Crippen LogP contribution in [-0.4, -0.2) is 87.8 Å². The van der Waals surface area contributed by atoms with Gasteiger partial charge >= 0.3 is 6.09 Å². The fourth-order valence-corrected chi connectivity index (χ4v) is 5.76. The Labute approximate surface area is 262 Å². The van der Waals surface area contributed by atoms with Gasteiger partial charge in [0.25, 0.3) is 5.91 Å². The molecule has 0 aliphatic carbocycles. The van der Waals surface area contributed by atoms with Gasteiger partial charge in [-0.05, 0) is 66.4 Å². The minimum Gasteiger partial charge on any atom is -0.492 e. The number of methoxy groups -OCH3 is 1. The van der Waals surface area contributed by atoms with Crippen molar-refractivity contribution in [1.82, 2.24) is 10.2 Å². The van der Waals surface area contributed by atoms with Crippen LogP contribution in [-0.2, 0) is 16.1 Å². The van der Waals surface area contributed by atoms with Crippen LogP contribution in [0.5, 0.6) is 11.5 Å². The smallest absolute Gasteiger partial charge is 0.407 e. The molecule has 45 heavy (non-hydrogen) atoms. The summed E-state index contributed by atoms with van der Waals surface area (Å²) < 4.78 is 36.7. The highest BCUT2D eigenvalue weighted by atomic mass is 19.1. The molecule has 11 heteroatoms. The summed E-state index contributed by atoms with van der Waals surface area (Å²) in [6, 6.07) is 19.3. The summed E-state index contributed by atoms with van der Waals surface area (Å²) in [5, 5.41) is 12.4. The third kappa shape index (κ3) is 8.64. The van der Waals surface area contributed by atoms with Gasteiger partial charge in [0, 0.05) is 38.3 Å². The number of amides is 2. The fourth-order valence-electron chi connectivity index (χ4n) is 5.76. The first kappa shape index (κ1) is 32.1. The van der Waals surface area contributed by atoms with Crippen molar-refractivity contribution in [3.63, 3.8) is 0 Å². The predicted molar refractivity (Wildman–Crippen MR) is 167 cm³/mol. The van der Waals surface area contributed by atoms with Crippen LogP contribution in [0.4, 0.5) is 14.9 Å². The number of nitrogens with zero attached hydrogens (tertiary/aromatic N) is 2. The molecular weight excluding hydrogens is 581 g/mol. The lowest BCUT2D eigenvalue weighted by Crippen LogP contribution is -2.46. The predicted octanol–water partition coefficient (Wildman–Crippen LogP) is 4.92. The quantitative estimate of drug-likeness (QED) is 0.259. The molecule has 10 nitrogen and oxygen atoms in total. The number of hydrogen-bond acceptors (Lipinski definition) is 7. The van der Waals surface area contributed by atoms with Gasteiger partial charge in [0.15, 0.2) is 0 Å². The average Bonchev–Trinajstić information content (AvgIpc) is 3.06. The Kier molecular flexibility index (Phi) is 11.1. The van der Waals surface area contributed by atoms with Gasteiger partial charge in [0.2, 0.25) is 0 Å². The molecule has 2 unspecified atom stereocenters. The topological polar surface area (TPSA) is 110 Å². The van der Waals surface area contributed by atoms with Crippen LogP contribution in [0.15, 0.2) is 66.7 Å². The number of halogens is 1. The molecule has 2 aliphatic heterocycles. The van der Waals surface area contributed by atoms with Gasteiger partial charge in [-0.15, -0.1) is 0 Å². The number of piperidine rings is 1. The van der Waals surface area contributed by atoms with Crippen molar-refractivity contribution in [3.8, 4) is 11.5 Å². The highest BCUT2D eigenvalue weighted by Crippen LogP contribution is 2.35. The zero-order valence-electron chi connectivity index (χ0n) is 25.5. The SMILES string of the molecule is COCCCN1CCOc2ccc(COC3CN(C(=O)O)CCC3c3ccc(OCCNC(=O)c4cccc(F)c4)cc3)cc21. The van der Waals surface area contributed by atoms with Crippen molar-refractivity contribution in [2.45, 2.75) is 31.5 Å². The number of ether oxygens (including phenoxy) is 4. The number of nitrogens with one attached hydrogen (secondary N) is 1. The summed E-state index contributed by atoms with van der Waals surface area (Å²) in [6.45, 7) is 4.58. The Hall–Kier alpha value is -4.35. The summed E-state index contributed by atoms with van der Waals surface area (Å²) in [7, 11) is 1.71. The Morgan fingerprint density at radius 3 is 2.69 bits per heavy atom. The van der Waals surface area contributed by atoms with Crippen LogP contribution >= 0.6 is 0 Å². The first-order chi connectivity index (χ1) is 21.9. The van der Waals surface area contributed by atoms with Gasteiger partial charge in [0.1, 0.15) is 30.5 Å². The number of carbonyl (C=O) groups is 2. The number of anilines is 1. The second kappa shape index (κ2) is 15.6. The van der Waals surface area contributed by atoms with Crippen LogP contribution in [0.1, 0.15) is 40.2 Å². The molecular formula is C34H40FN3O7. The Balaban J connectivity index is 1.18. The minimum atomic E-state index is -0.951. The van der Waals surface area contributed by atoms with Crippen molar-refractivity contribution >= 4 is 17.7 Å². The van der Waals surface area contributed by atoms with Gasteiger partial charge < -0.3 is 39.2 Å². The monoisotopic (exact) mass is 621 g/mol. The molecule has 2 atom stereocenters. The summed E-state index contributed by atoms with van der Waals surface area (Å²) in [5.74, 6) is 0.675. The third-order valence-corrected chi connectivity index (χ3v) is 8.10. The van der Waals surface area contributed by atoms with Crippen LogP contribution in [0.3, 0.4) is 0 Å². The molecule has 0 aromatic heterocycles. The van der Waals surface area contributed by atoms with Crippen molar-refractivity contribution < 1.29 is 38.0 Å². The summed E-state index contributed by atoms with van der Waals surface area (Å²) in [4.78, 5) is 27.7. The molecule has 3 aromatic rings. The van der Waals surface area contributed by atoms with Gasteiger partial charge in [-0.2, -0.15) is 0 Å². The minimum absolute atomic E-state index is 0.00621. The lowest BCUT2D eigenvalue weighted by atomic mass is 9.87. The largest absolute Gasteiger partial charge is 0.492 e. The van der Waals surface area contributed by atoms with E-state index in [4.69, 9.17) is 18.9 Å². The lowest BCUT2D eigenvalue weighted by molar-refractivity contribution is -0.0199. The molecule has 2 N–H and O–H groups in total. The number of carbonyl (C=O) groups excluding carboxylic acids is 1. The molecule has 1 fully saturated rings. The Bertz CT molecular complexity index is 1440. The third-order valence-electron chi connectivity index (χ3n) is 8.10. The summed E-state index contributed by atoms with van der Waals surface area (Å²) in [6.07, 6.45) is 0.273. The van der Waals surface area contributed by atoms with E-state index in [0.29, 0.717) is 38.5 Å². The van der Waals surface area contributed by atoms with Crippen LogP contribution < -0.4 is 19.7 Å². The van der Waals surface area contributed by atoms with E-state index in [1.54, 1.807) is 13.2 Å². The molecule has 2 heterocycles. The second-order valence-electron chi connectivity index (χ2n) is 11.1. The molecule has 0 spiro atoms. The normalized spacial score (nSPS) is 17.7. The first-order valence-corrected chi connectivity index (χ1v) is 15.3. The van der Waals surface area contributed by atoms with Gasteiger partial charge in [-0.1, -0.05) is 24.3 Å². The zero-order chi connectivity index (χ0) is 31.6. The molecule has 240 valence electrons. The highest BCUT2D eigenvalue weighted by molar-refractivity contribution is 5.94. The Morgan fingerprint density at radius 2 is 1.91 bits per heavy atom. The summed E-state index contributed by atoms with van der Waals surface area (Å²) >= 11 is 0. The van der Waals surface area contributed by atoms with Gasteiger partial charge in [-0.25, -0.2) is 9.18 Å². The number of hydrogen-bond donors (Lipinski definition) is 2. The standard InChI is InChI=1S/C34H40FN3O7/c1-42-17-3-14-37-16-19-44-31-11-6-24(20-30(31)37)23-45-32-22-38(34(40)41)15-12-29(32)25-7-9-28(10-8-25)43-18-13-36-33(39)26-4-2-5-27(35)21-26/h2,4-11,20-21,29,32H,3,12-19,22-23H2,1H3,(H,36,39)(H,40,41). The zero-order valence-corrected chi connectivity index (χ0v) is 25.5. The van der Waals surface area contributed by atoms with E-state index in [0.717, 1.165) is 42.1 Å². The Morgan fingerprint density at radius 1 is 1.07 bits per heavy atom. The van der Waals surface area contributed by atoms with Crippen molar-refractivity contribution in [3.05, 3.63) is 89.2 Å². The van der Waals surface area contributed by atoms with Crippen LogP contribution in [0.2, 0.25) is 0 Å². The number of fused-ring (bicyclic) bond motifs is 1. The molecule has 2 amide bonds. The molecule has 2 aliphatic rings. The molecule has 5 rings (SSSR count). The van der Waals surface area contributed by atoms with Crippen molar-refractivity contribution in [2.75, 3.05) is 64.6 Å². The maximum atomic E-state index is 13.4. The number of rotatable bonds is 13. The van der Waals surface area contributed by atoms with Gasteiger partial charge in [-0.3, -0.25) is 4.79 Å². The van der Waals surface area contributed by atoms with E-state index in [2.05, 4.69) is 16.3 Å². The number of likely N-dealkylation sites (tertiary alicyclic amines) is 1. The lowest BCUT2D eigenvalue weighted by Gasteiger charge is -2.37. The maximum Gasteiger partial charge on any atom is 0.407 e. The van der Waals surface area contributed by atoms with Crippen molar-refractivity contribution in [1.29, 1.82) is 0 Å². The molecule has 0 bridgehead atoms. The molecule has 1 saturated heterocycles. The molecule has 0 radical (unpaired) electrons. The van der Waals surface area contributed by atoms with E-state index >= 15 is 0 Å². The maximum absolute atomic E-state index is 13.4. The van der Waals surface area contributed by atoms with Gasteiger partial charge in [0.05, 0.1) is 38.0 Å². The molecule has 0 saturated carbocycles. The van der Waals surface area contributed by atoms with Crippen molar-refractivity contribution in [2.24, 2.45) is 0 Å². The van der Waals surface area contributed by atoms with Crippen LogP contribution in [0.25, 0.3) is 0 Å². The van der Waals surface area contributed by atoms with E-state index in [-0.39, 0.29) is 43.2 Å². The first-order valence-electron chi connectivity index (χ1n) is 15.3. The van der Waals surface area contributed by atoms with E-state index in [1.165, 1.54) is 23.1 Å². The number of benzene rings is 3. The van der Waals surface area contributed by atoms with Crippen LogP contribution in [0, 0.1) is 5.82 Å².